The van der Waals surface area contributed by atoms with Crippen LogP contribution in [0.25, 0.3) is 6.08 Å². The smallest absolute Gasteiger partial charge is 0.352 e. The van der Waals surface area contributed by atoms with E-state index >= 15 is 0 Å². The van der Waals surface area contributed by atoms with E-state index in [0.29, 0.717) is 27.8 Å². The van der Waals surface area contributed by atoms with Gasteiger partial charge in [0.15, 0.2) is 5.60 Å². The molecule has 170 valence electrons. The Balaban J connectivity index is 1.71. The molecule has 3 aromatic rings. The summed E-state index contributed by atoms with van der Waals surface area (Å²) in [6, 6.07) is 20.8. The minimum absolute atomic E-state index is 0.285. The van der Waals surface area contributed by atoms with Gasteiger partial charge in [0.05, 0.1) is 4.47 Å². The molecule has 0 saturated carbocycles. The lowest BCUT2D eigenvalue weighted by Gasteiger charge is -2.25. The van der Waals surface area contributed by atoms with Crippen molar-refractivity contribution in [3.05, 3.63) is 93.6 Å². The predicted molar refractivity (Wildman–Crippen MR) is 131 cm³/mol. The molecule has 8 heteroatoms. The van der Waals surface area contributed by atoms with Gasteiger partial charge in [-0.05, 0) is 89.9 Å². The van der Waals surface area contributed by atoms with Crippen LogP contribution in [0, 0.1) is 0 Å². The van der Waals surface area contributed by atoms with Gasteiger partial charge in [-0.25, -0.2) is 4.79 Å². The molecule has 1 amide bonds. The van der Waals surface area contributed by atoms with Crippen molar-refractivity contribution in [1.29, 1.82) is 0 Å². The summed E-state index contributed by atoms with van der Waals surface area (Å²) in [5.74, 6) is -0.222. The number of halogens is 2. The minimum Gasteiger partial charge on any atom is -0.478 e. The average Bonchev–Trinajstić information content (AvgIpc) is 2.77. The van der Waals surface area contributed by atoms with Gasteiger partial charge in [0.25, 0.3) is 5.91 Å². The second kappa shape index (κ2) is 10.6. The molecule has 2 N–H and O–H groups in total. The number of rotatable bonds is 8. The molecule has 0 bridgehead atoms. The number of para-hydroxylation sites is 1. The van der Waals surface area contributed by atoms with E-state index in [1.165, 1.54) is 6.08 Å². The van der Waals surface area contributed by atoms with Crippen LogP contribution in [0.1, 0.15) is 19.4 Å². The summed E-state index contributed by atoms with van der Waals surface area (Å²) in [7, 11) is 0. The van der Waals surface area contributed by atoms with Crippen molar-refractivity contribution >= 4 is 45.5 Å². The average molecular weight is 531 g/mol. The Morgan fingerprint density at radius 3 is 2.18 bits per heavy atom. The molecule has 0 heterocycles. The first-order valence-electron chi connectivity index (χ1n) is 9.87. The van der Waals surface area contributed by atoms with Crippen LogP contribution in [0.2, 0.25) is 5.02 Å². The van der Waals surface area contributed by atoms with Crippen molar-refractivity contribution < 1.29 is 24.2 Å². The molecule has 0 spiro atoms. The molecule has 0 atom stereocenters. The molecule has 0 radical (unpaired) electrons. The van der Waals surface area contributed by atoms with Crippen molar-refractivity contribution in [3.8, 4) is 17.2 Å². The molecule has 0 aliphatic rings. The first-order valence-corrected chi connectivity index (χ1v) is 11.0. The van der Waals surface area contributed by atoms with Crippen LogP contribution in [0.4, 0.5) is 0 Å². The normalized spacial score (nSPS) is 11.6. The summed E-state index contributed by atoms with van der Waals surface area (Å²) >= 11 is 9.29. The van der Waals surface area contributed by atoms with E-state index in [1.54, 1.807) is 62.4 Å². The molecule has 6 nitrogen and oxygen atoms in total. The zero-order valence-corrected chi connectivity index (χ0v) is 20.2. The first kappa shape index (κ1) is 24.4. The molecule has 0 aromatic heterocycles. The predicted octanol–water partition coefficient (Wildman–Crippen LogP) is 6.29. The van der Waals surface area contributed by atoms with E-state index in [1.807, 2.05) is 24.3 Å². The molecule has 0 aliphatic carbocycles. The fraction of sp³-hybridized carbons (Fsp3) is 0.120. The maximum Gasteiger partial charge on any atom is 0.352 e. The third kappa shape index (κ3) is 6.84. The molecule has 0 unspecified atom stereocenters. The standard InChI is InChI=1S/C25H21BrClNO5/c1-25(2,33-19-13-9-17(27)10-14-19)24(31)28-21(23(29)30)15-16-7-11-18(12-8-16)32-22-6-4-3-5-20(22)26/h3-15H,1-2H3,(H,28,31)(H,29,30). The zero-order valence-electron chi connectivity index (χ0n) is 17.8. The number of carboxylic acid groups (broad SMARTS) is 1. The highest BCUT2D eigenvalue weighted by Crippen LogP contribution is 2.29. The van der Waals surface area contributed by atoms with E-state index in [9.17, 15) is 14.7 Å². The summed E-state index contributed by atoms with van der Waals surface area (Å²) in [5.41, 5.74) is -1.04. The Hall–Kier alpha value is -3.29. The van der Waals surface area contributed by atoms with Crippen LogP contribution in [0.5, 0.6) is 17.2 Å². The number of hydrogen-bond acceptors (Lipinski definition) is 4. The van der Waals surface area contributed by atoms with E-state index in [0.717, 1.165) is 4.47 Å². The van der Waals surface area contributed by atoms with E-state index in [-0.39, 0.29) is 5.70 Å². The van der Waals surface area contributed by atoms with Crippen LogP contribution in [-0.4, -0.2) is 22.6 Å². The summed E-state index contributed by atoms with van der Waals surface area (Å²) in [5, 5.41) is 12.5. The maximum absolute atomic E-state index is 12.7. The number of carbonyl (C=O) groups excluding carboxylic acids is 1. The van der Waals surface area contributed by atoms with Crippen LogP contribution in [0.15, 0.2) is 83.0 Å². The van der Waals surface area contributed by atoms with Crippen LogP contribution >= 0.6 is 27.5 Å². The topological polar surface area (TPSA) is 84.9 Å². The highest BCUT2D eigenvalue weighted by atomic mass is 79.9. The largest absolute Gasteiger partial charge is 0.478 e. The first-order chi connectivity index (χ1) is 15.6. The van der Waals surface area contributed by atoms with Crippen molar-refractivity contribution in [3.63, 3.8) is 0 Å². The van der Waals surface area contributed by atoms with Crippen molar-refractivity contribution in [1.82, 2.24) is 5.32 Å². The molecular formula is C25H21BrClNO5. The lowest BCUT2D eigenvalue weighted by molar-refractivity contribution is -0.138. The Labute approximate surface area is 204 Å². The number of carbonyl (C=O) groups is 2. The highest BCUT2D eigenvalue weighted by molar-refractivity contribution is 9.10. The lowest BCUT2D eigenvalue weighted by atomic mass is 10.1. The fourth-order valence-corrected chi connectivity index (χ4v) is 3.21. The number of hydrogen-bond donors (Lipinski definition) is 2. The van der Waals surface area contributed by atoms with Crippen molar-refractivity contribution in [2.75, 3.05) is 0 Å². The molecule has 3 rings (SSSR count). The zero-order chi connectivity index (χ0) is 24.0. The van der Waals surface area contributed by atoms with Gasteiger partial charge >= 0.3 is 5.97 Å². The Bertz CT molecular complexity index is 1170. The molecular weight excluding hydrogens is 510 g/mol. The highest BCUT2D eigenvalue weighted by Gasteiger charge is 2.31. The van der Waals surface area contributed by atoms with E-state index in [2.05, 4.69) is 21.2 Å². The van der Waals surface area contributed by atoms with Crippen LogP contribution < -0.4 is 14.8 Å². The van der Waals surface area contributed by atoms with Gasteiger partial charge in [-0.1, -0.05) is 35.9 Å². The second-order valence-electron chi connectivity index (χ2n) is 7.49. The van der Waals surface area contributed by atoms with Gasteiger partial charge in [0.2, 0.25) is 0 Å². The minimum atomic E-state index is -1.33. The summed E-state index contributed by atoms with van der Waals surface area (Å²) in [6.07, 6.45) is 1.36. The van der Waals surface area contributed by atoms with Gasteiger partial charge < -0.3 is 19.9 Å². The lowest BCUT2D eigenvalue weighted by Crippen LogP contribution is -2.47. The van der Waals surface area contributed by atoms with Gasteiger partial charge in [-0.3, -0.25) is 4.79 Å². The van der Waals surface area contributed by atoms with E-state index < -0.39 is 17.5 Å². The number of ether oxygens (including phenoxy) is 2. The molecule has 0 saturated heterocycles. The third-order valence-corrected chi connectivity index (χ3v) is 5.37. The third-order valence-electron chi connectivity index (χ3n) is 4.47. The summed E-state index contributed by atoms with van der Waals surface area (Å²) in [4.78, 5) is 24.5. The van der Waals surface area contributed by atoms with Gasteiger partial charge in [-0.2, -0.15) is 0 Å². The monoisotopic (exact) mass is 529 g/mol. The summed E-state index contributed by atoms with van der Waals surface area (Å²) < 4.78 is 12.3. The van der Waals surface area contributed by atoms with Crippen molar-refractivity contribution in [2.24, 2.45) is 0 Å². The number of amides is 1. The summed E-state index contributed by atoms with van der Waals surface area (Å²) in [6.45, 7) is 3.09. The van der Waals surface area contributed by atoms with Gasteiger partial charge in [0.1, 0.15) is 22.9 Å². The number of nitrogens with one attached hydrogen (secondary N) is 1. The van der Waals surface area contributed by atoms with Gasteiger partial charge in [-0.15, -0.1) is 0 Å². The molecule has 3 aromatic carbocycles. The SMILES string of the molecule is CC(C)(Oc1ccc(Cl)cc1)C(=O)NC(=Cc1ccc(Oc2ccccc2Br)cc1)C(=O)O. The van der Waals surface area contributed by atoms with Crippen LogP contribution in [0.3, 0.4) is 0 Å². The maximum atomic E-state index is 12.7. The molecule has 33 heavy (non-hydrogen) atoms. The second-order valence-corrected chi connectivity index (χ2v) is 8.78. The van der Waals surface area contributed by atoms with Crippen molar-refractivity contribution in [2.45, 2.75) is 19.4 Å². The number of aliphatic carboxylic acids is 1. The number of carboxylic acids is 1. The number of benzene rings is 3. The van der Waals surface area contributed by atoms with Gasteiger partial charge in [0, 0.05) is 5.02 Å². The Morgan fingerprint density at radius 1 is 0.970 bits per heavy atom. The molecule has 0 fully saturated rings. The Morgan fingerprint density at radius 2 is 1.58 bits per heavy atom. The molecule has 0 aliphatic heterocycles. The Kier molecular flexibility index (Phi) is 7.79. The van der Waals surface area contributed by atoms with E-state index in [4.69, 9.17) is 21.1 Å². The quantitative estimate of drug-likeness (QED) is 0.334. The van der Waals surface area contributed by atoms with Crippen LogP contribution in [-0.2, 0) is 9.59 Å². The fourth-order valence-electron chi connectivity index (χ4n) is 2.72.